The maximum Gasteiger partial charge on any atom is 0.255 e. The third-order valence-corrected chi connectivity index (χ3v) is 4.61. The minimum absolute atomic E-state index is 0.0476. The van der Waals surface area contributed by atoms with Crippen molar-refractivity contribution in [3.8, 4) is 11.5 Å². The van der Waals surface area contributed by atoms with Gasteiger partial charge in [-0.3, -0.25) is 9.59 Å². The number of hydrogen-bond acceptors (Lipinski definition) is 4. The van der Waals surface area contributed by atoms with Crippen LogP contribution in [0.15, 0.2) is 12.1 Å². The number of ether oxygens (including phenoxy) is 2. The Morgan fingerprint density at radius 3 is 2.00 bits per heavy atom. The van der Waals surface area contributed by atoms with Crippen LogP contribution in [0, 0.1) is 3.57 Å². The van der Waals surface area contributed by atoms with Crippen LogP contribution in [-0.2, 0) is 4.79 Å². The lowest BCUT2D eigenvalue weighted by molar-refractivity contribution is -0.130. The number of halogens is 1. The Morgan fingerprint density at radius 1 is 1.00 bits per heavy atom. The molecule has 1 aliphatic rings. The van der Waals surface area contributed by atoms with Crippen molar-refractivity contribution in [3.63, 3.8) is 0 Å². The van der Waals surface area contributed by atoms with Gasteiger partial charge in [0, 0.05) is 36.7 Å². The number of rotatable bonds is 3. The summed E-state index contributed by atoms with van der Waals surface area (Å²) in [7, 11) is 3.11. The molecule has 0 unspecified atom stereocenters. The van der Waals surface area contributed by atoms with E-state index in [0.29, 0.717) is 43.2 Å². The lowest BCUT2D eigenvalue weighted by atomic mass is 10.1. The maximum absolute atomic E-state index is 12.7. The van der Waals surface area contributed by atoms with Crippen molar-refractivity contribution in [2.24, 2.45) is 0 Å². The number of nitrogens with zero attached hydrogens (tertiary/aromatic N) is 2. The Kier molecular flexibility index (Phi) is 5.49. The van der Waals surface area contributed by atoms with Crippen LogP contribution in [-0.4, -0.2) is 62.0 Å². The molecule has 1 aromatic rings. The molecular formula is C15H19IN2O4. The summed E-state index contributed by atoms with van der Waals surface area (Å²) in [5.74, 6) is 1.14. The summed E-state index contributed by atoms with van der Waals surface area (Å²) in [5, 5.41) is 0. The average molecular weight is 418 g/mol. The highest BCUT2D eigenvalue weighted by Crippen LogP contribution is 2.32. The summed E-state index contributed by atoms with van der Waals surface area (Å²) >= 11 is 2.12. The Labute approximate surface area is 143 Å². The highest BCUT2D eigenvalue weighted by molar-refractivity contribution is 14.1. The van der Waals surface area contributed by atoms with Crippen LogP contribution in [0.1, 0.15) is 17.3 Å². The van der Waals surface area contributed by atoms with Gasteiger partial charge in [0.05, 0.1) is 19.8 Å². The van der Waals surface area contributed by atoms with Gasteiger partial charge in [0.25, 0.3) is 5.91 Å². The molecule has 0 spiro atoms. The van der Waals surface area contributed by atoms with Gasteiger partial charge >= 0.3 is 0 Å². The normalized spacial score (nSPS) is 14.7. The van der Waals surface area contributed by atoms with Gasteiger partial charge in [0.15, 0.2) is 11.5 Å². The molecular weight excluding hydrogens is 399 g/mol. The molecule has 0 radical (unpaired) electrons. The van der Waals surface area contributed by atoms with Crippen LogP contribution in [0.4, 0.5) is 0 Å². The molecule has 6 nitrogen and oxygen atoms in total. The molecule has 1 fully saturated rings. The van der Waals surface area contributed by atoms with Crippen LogP contribution >= 0.6 is 22.6 Å². The van der Waals surface area contributed by atoms with Crippen LogP contribution < -0.4 is 9.47 Å². The summed E-state index contributed by atoms with van der Waals surface area (Å²) in [4.78, 5) is 27.6. The summed E-state index contributed by atoms with van der Waals surface area (Å²) < 4.78 is 11.3. The first kappa shape index (κ1) is 16.9. The van der Waals surface area contributed by atoms with Crippen molar-refractivity contribution >= 4 is 34.4 Å². The van der Waals surface area contributed by atoms with E-state index in [1.165, 1.54) is 0 Å². The minimum atomic E-state index is -0.0476. The maximum atomic E-state index is 12.7. The molecule has 1 saturated heterocycles. The molecule has 2 rings (SSSR count). The summed E-state index contributed by atoms with van der Waals surface area (Å²) in [6, 6.07) is 3.50. The van der Waals surface area contributed by atoms with E-state index >= 15 is 0 Å². The Hall–Kier alpha value is -1.51. The largest absolute Gasteiger partial charge is 0.493 e. The van der Waals surface area contributed by atoms with Crippen molar-refractivity contribution in [1.82, 2.24) is 9.80 Å². The zero-order valence-electron chi connectivity index (χ0n) is 12.9. The molecule has 0 aromatic heterocycles. The predicted molar refractivity (Wildman–Crippen MR) is 90.4 cm³/mol. The molecule has 0 aliphatic carbocycles. The molecule has 0 saturated carbocycles. The number of amides is 2. The smallest absolute Gasteiger partial charge is 0.255 e. The average Bonchev–Trinajstić information content (AvgIpc) is 2.53. The van der Waals surface area contributed by atoms with Crippen molar-refractivity contribution in [3.05, 3.63) is 21.3 Å². The SMILES string of the molecule is COc1cc(I)c(C(=O)N2CCN(C(C)=O)CC2)cc1OC. The highest BCUT2D eigenvalue weighted by Gasteiger charge is 2.25. The fourth-order valence-electron chi connectivity index (χ4n) is 2.41. The number of piperazine rings is 1. The number of methoxy groups -OCH3 is 2. The van der Waals surface area contributed by atoms with Gasteiger partial charge < -0.3 is 19.3 Å². The van der Waals surface area contributed by atoms with Gasteiger partial charge in [0.2, 0.25) is 5.91 Å². The first-order valence-electron chi connectivity index (χ1n) is 6.94. The van der Waals surface area contributed by atoms with Crippen LogP contribution in [0.3, 0.4) is 0 Å². The van der Waals surface area contributed by atoms with Gasteiger partial charge in [-0.05, 0) is 34.7 Å². The van der Waals surface area contributed by atoms with Crippen molar-refractivity contribution < 1.29 is 19.1 Å². The zero-order chi connectivity index (χ0) is 16.3. The number of hydrogen-bond donors (Lipinski definition) is 0. The van der Waals surface area contributed by atoms with Gasteiger partial charge in [-0.1, -0.05) is 0 Å². The van der Waals surface area contributed by atoms with E-state index < -0.39 is 0 Å². The van der Waals surface area contributed by atoms with E-state index in [4.69, 9.17) is 9.47 Å². The second kappa shape index (κ2) is 7.17. The van der Waals surface area contributed by atoms with Crippen molar-refractivity contribution in [1.29, 1.82) is 0 Å². The fraction of sp³-hybridized carbons (Fsp3) is 0.467. The summed E-state index contributed by atoms with van der Waals surface area (Å²) in [5.41, 5.74) is 0.592. The lowest BCUT2D eigenvalue weighted by Crippen LogP contribution is -2.50. The molecule has 0 bridgehead atoms. The number of benzene rings is 1. The third-order valence-electron chi connectivity index (χ3n) is 3.72. The van der Waals surface area contributed by atoms with E-state index in [-0.39, 0.29) is 11.8 Å². The van der Waals surface area contributed by atoms with Crippen molar-refractivity contribution in [2.75, 3.05) is 40.4 Å². The van der Waals surface area contributed by atoms with E-state index in [0.717, 1.165) is 3.57 Å². The molecule has 1 aliphatic heterocycles. The van der Waals surface area contributed by atoms with Gasteiger partial charge in [-0.2, -0.15) is 0 Å². The molecule has 1 heterocycles. The first-order valence-corrected chi connectivity index (χ1v) is 8.02. The fourth-order valence-corrected chi connectivity index (χ4v) is 3.08. The molecule has 7 heteroatoms. The molecule has 2 amide bonds. The van der Waals surface area contributed by atoms with E-state index in [2.05, 4.69) is 22.6 Å². The van der Waals surface area contributed by atoms with E-state index in [1.807, 2.05) is 0 Å². The molecule has 1 aromatic carbocycles. The second-order valence-electron chi connectivity index (χ2n) is 4.99. The summed E-state index contributed by atoms with van der Waals surface area (Å²) in [6.45, 7) is 3.79. The number of carbonyl (C=O) groups is 2. The Bertz CT molecular complexity index is 583. The second-order valence-corrected chi connectivity index (χ2v) is 6.15. The van der Waals surface area contributed by atoms with Crippen LogP contribution in [0.2, 0.25) is 0 Å². The molecule has 22 heavy (non-hydrogen) atoms. The summed E-state index contributed by atoms with van der Waals surface area (Å²) in [6.07, 6.45) is 0. The monoisotopic (exact) mass is 418 g/mol. The van der Waals surface area contributed by atoms with Crippen LogP contribution in [0.25, 0.3) is 0 Å². The van der Waals surface area contributed by atoms with E-state index in [9.17, 15) is 9.59 Å². The Balaban J connectivity index is 2.18. The molecule has 0 N–H and O–H groups in total. The van der Waals surface area contributed by atoms with Gasteiger partial charge in [0.1, 0.15) is 0 Å². The standard InChI is InChI=1S/C15H19IN2O4/c1-10(19)17-4-6-18(7-5-17)15(20)11-8-13(21-2)14(22-3)9-12(11)16/h8-9H,4-7H2,1-3H3. The zero-order valence-corrected chi connectivity index (χ0v) is 15.0. The predicted octanol–water partition coefficient (Wildman–Crippen LogP) is 1.61. The Morgan fingerprint density at radius 2 is 1.50 bits per heavy atom. The molecule has 120 valence electrons. The number of carbonyl (C=O) groups excluding carboxylic acids is 2. The minimum Gasteiger partial charge on any atom is -0.493 e. The van der Waals surface area contributed by atoms with Gasteiger partial charge in [-0.15, -0.1) is 0 Å². The van der Waals surface area contributed by atoms with Crippen LogP contribution in [0.5, 0.6) is 11.5 Å². The topological polar surface area (TPSA) is 59.1 Å². The quantitative estimate of drug-likeness (QED) is 0.701. The van der Waals surface area contributed by atoms with Gasteiger partial charge in [-0.25, -0.2) is 0 Å². The van der Waals surface area contributed by atoms with E-state index in [1.54, 1.807) is 43.1 Å². The first-order chi connectivity index (χ1) is 10.5. The lowest BCUT2D eigenvalue weighted by Gasteiger charge is -2.34. The van der Waals surface area contributed by atoms with Crippen molar-refractivity contribution in [2.45, 2.75) is 6.92 Å². The molecule has 0 atom stereocenters. The third kappa shape index (κ3) is 3.45. The highest BCUT2D eigenvalue weighted by atomic mass is 127.